The van der Waals surface area contributed by atoms with E-state index in [0.717, 1.165) is 12.1 Å². The molecule has 0 fully saturated rings. The number of benzene rings is 1. The van der Waals surface area contributed by atoms with Crippen molar-refractivity contribution in [3.05, 3.63) is 51.2 Å². The molecule has 0 saturated carbocycles. The molecule has 98 valence electrons. The quantitative estimate of drug-likeness (QED) is 0.788. The van der Waals surface area contributed by atoms with Crippen molar-refractivity contribution in [1.29, 1.82) is 5.26 Å². The molecule has 2 rings (SSSR count). The van der Waals surface area contributed by atoms with Crippen molar-refractivity contribution >= 4 is 11.3 Å². The van der Waals surface area contributed by atoms with Crippen LogP contribution < -0.4 is 0 Å². The van der Waals surface area contributed by atoms with E-state index in [-0.39, 0.29) is 0 Å². The van der Waals surface area contributed by atoms with E-state index in [4.69, 9.17) is 10.00 Å². The summed E-state index contributed by atoms with van der Waals surface area (Å²) in [6, 6.07) is 6.17. The molecule has 0 aliphatic heterocycles. The van der Waals surface area contributed by atoms with Gasteiger partial charge in [0.05, 0.1) is 36.1 Å². The molecule has 3 nitrogen and oxygen atoms in total. The molecule has 19 heavy (non-hydrogen) atoms. The van der Waals surface area contributed by atoms with Gasteiger partial charge in [-0.25, -0.2) is 9.37 Å². The van der Waals surface area contributed by atoms with Crippen LogP contribution in [-0.2, 0) is 17.8 Å². The number of aryl methyl sites for hydroxylation is 1. The third-order valence-corrected chi connectivity index (χ3v) is 3.67. The Hall–Kier alpha value is -1.77. The second kappa shape index (κ2) is 6.41. The van der Waals surface area contributed by atoms with Crippen molar-refractivity contribution in [1.82, 2.24) is 4.98 Å². The maximum absolute atomic E-state index is 13.2. The lowest BCUT2D eigenvalue weighted by molar-refractivity contribution is 0.124. The van der Waals surface area contributed by atoms with Crippen molar-refractivity contribution in [3.63, 3.8) is 0 Å². The molecule has 0 N–H and O–H groups in total. The third-order valence-electron chi connectivity index (χ3n) is 2.67. The second-order valence-corrected chi connectivity index (χ2v) is 5.06. The zero-order valence-electron chi connectivity index (χ0n) is 10.5. The molecule has 0 saturated heterocycles. The molecular formula is C14H13FN2OS. The van der Waals surface area contributed by atoms with E-state index < -0.39 is 5.82 Å². The molecule has 1 heterocycles. The topological polar surface area (TPSA) is 45.9 Å². The van der Waals surface area contributed by atoms with E-state index in [2.05, 4.69) is 4.98 Å². The van der Waals surface area contributed by atoms with Gasteiger partial charge in [0.25, 0.3) is 0 Å². The predicted octanol–water partition coefficient (Wildman–Crippen LogP) is 3.22. The van der Waals surface area contributed by atoms with Gasteiger partial charge in [0, 0.05) is 11.3 Å². The second-order valence-electron chi connectivity index (χ2n) is 4.12. The standard InChI is InChI=1S/C14H13FN2OS/c1-10-14(19-9-17-10)2-3-18-8-12-4-11(7-16)5-13(15)6-12/h4-6,9H,2-3,8H2,1H3. The molecule has 0 aliphatic rings. The van der Waals surface area contributed by atoms with Gasteiger partial charge in [0.2, 0.25) is 0 Å². The number of aromatic nitrogens is 1. The molecule has 2 aromatic rings. The number of ether oxygens (including phenoxy) is 1. The van der Waals surface area contributed by atoms with Crippen LogP contribution in [0.4, 0.5) is 4.39 Å². The Morgan fingerprint density at radius 1 is 1.42 bits per heavy atom. The first kappa shape index (κ1) is 13.7. The Morgan fingerprint density at radius 3 is 2.95 bits per heavy atom. The molecule has 1 aromatic carbocycles. The Labute approximate surface area is 115 Å². The lowest BCUT2D eigenvalue weighted by Gasteiger charge is -2.05. The van der Waals surface area contributed by atoms with Crippen LogP contribution in [0.5, 0.6) is 0 Å². The first-order valence-electron chi connectivity index (χ1n) is 5.85. The van der Waals surface area contributed by atoms with Gasteiger partial charge in [-0.3, -0.25) is 0 Å². The summed E-state index contributed by atoms with van der Waals surface area (Å²) >= 11 is 1.61. The Bertz CT molecular complexity index is 604. The fourth-order valence-electron chi connectivity index (χ4n) is 1.72. The first-order chi connectivity index (χ1) is 9.19. The highest BCUT2D eigenvalue weighted by Crippen LogP contribution is 2.14. The summed E-state index contributed by atoms with van der Waals surface area (Å²) in [5, 5.41) is 8.75. The van der Waals surface area contributed by atoms with Crippen LogP contribution in [0.1, 0.15) is 21.7 Å². The minimum atomic E-state index is -0.407. The van der Waals surface area contributed by atoms with Crippen LogP contribution in [0, 0.1) is 24.1 Å². The van der Waals surface area contributed by atoms with Gasteiger partial charge in [-0.15, -0.1) is 11.3 Å². The molecule has 5 heteroatoms. The summed E-state index contributed by atoms with van der Waals surface area (Å²) in [6.07, 6.45) is 0.803. The molecule has 0 unspecified atom stereocenters. The fourth-order valence-corrected chi connectivity index (χ4v) is 2.48. The number of nitrogens with zero attached hydrogens (tertiary/aromatic N) is 2. The highest BCUT2D eigenvalue weighted by molar-refractivity contribution is 7.09. The molecule has 0 atom stereocenters. The van der Waals surface area contributed by atoms with Crippen molar-refractivity contribution in [2.75, 3.05) is 6.61 Å². The number of hydrogen-bond acceptors (Lipinski definition) is 4. The largest absolute Gasteiger partial charge is 0.376 e. The number of halogens is 1. The van der Waals surface area contributed by atoms with E-state index in [9.17, 15) is 4.39 Å². The normalized spacial score (nSPS) is 10.4. The Kier molecular flexibility index (Phi) is 4.61. The average Bonchev–Trinajstić information content (AvgIpc) is 2.80. The highest BCUT2D eigenvalue weighted by atomic mass is 32.1. The lowest BCUT2D eigenvalue weighted by atomic mass is 10.1. The fraction of sp³-hybridized carbons (Fsp3) is 0.286. The summed E-state index contributed by atoms with van der Waals surface area (Å²) in [5.41, 5.74) is 3.84. The minimum absolute atomic E-state index is 0.310. The van der Waals surface area contributed by atoms with Crippen molar-refractivity contribution in [2.24, 2.45) is 0 Å². The van der Waals surface area contributed by atoms with Crippen LogP contribution in [-0.4, -0.2) is 11.6 Å². The van der Waals surface area contributed by atoms with Crippen LogP contribution in [0.3, 0.4) is 0 Å². The van der Waals surface area contributed by atoms with E-state index in [1.807, 2.05) is 18.5 Å². The number of hydrogen-bond donors (Lipinski definition) is 0. The summed E-state index contributed by atoms with van der Waals surface area (Å²) in [4.78, 5) is 5.37. The molecular weight excluding hydrogens is 263 g/mol. The predicted molar refractivity (Wildman–Crippen MR) is 71.3 cm³/mol. The smallest absolute Gasteiger partial charge is 0.124 e. The SMILES string of the molecule is Cc1ncsc1CCOCc1cc(F)cc(C#N)c1. The molecule has 0 radical (unpaired) electrons. The van der Waals surface area contributed by atoms with E-state index in [1.165, 1.54) is 17.0 Å². The van der Waals surface area contributed by atoms with E-state index in [1.54, 1.807) is 17.4 Å². The molecule has 0 spiro atoms. The third kappa shape index (κ3) is 3.85. The highest BCUT2D eigenvalue weighted by Gasteiger charge is 2.03. The van der Waals surface area contributed by atoms with Gasteiger partial charge in [0.1, 0.15) is 5.82 Å². The van der Waals surface area contributed by atoms with E-state index >= 15 is 0 Å². The molecule has 0 amide bonds. The molecule has 0 bridgehead atoms. The average molecular weight is 276 g/mol. The van der Waals surface area contributed by atoms with Crippen molar-refractivity contribution in [2.45, 2.75) is 20.0 Å². The summed E-state index contributed by atoms with van der Waals surface area (Å²) in [7, 11) is 0. The van der Waals surface area contributed by atoms with Gasteiger partial charge in [-0.2, -0.15) is 5.26 Å². The van der Waals surface area contributed by atoms with Crippen LogP contribution >= 0.6 is 11.3 Å². The molecule has 0 aliphatic carbocycles. The van der Waals surface area contributed by atoms with E-state index in [0.29, 0.717) is 24.3 Å². The monoisotopic (exact) mass is 276 g/mol. The summed E-state index contributed by atoms with van der Waals surface area (Å²) < 4.78 is 18.7. The van der Waals surface area contributed by atoms with Gasteiger partial charge >= 0.3 is 0 Å². The van der Waals surface area contributed by atoms with Crippen molar-refractivity contribution in [3.8, 4) is 6.07 Å². The zero-order chi connectivity index (χ0) is 13.7. The zero-order valence-corrected chi connectivity index (χ0v) is 11.3. The Balaban J connectivity index is 1.85. The summed E-state index contributed by atoms with van der Waals surface area (Å²) in [5.74, 6) is -0.407. The summed E-state index contributed by atoms with van der Waals surface area (Å²) in [6.45, 7) is 2.84. The van der Waals surface area contributed by atoms with Crippen molar-refractivity contribution < 1.29 is 9.13 Å². The number of thiazole rings is 1. The maximum atomic E-state index is 13.2. The van der Waals surface area contributed by atoms with Gasteiger partial charge in [0.15, 0.2) is 0 Å². The number of nitriles is 1. The Morgan fingerprint density at radius 2 is 2.26 bits per heavy atom. The van der Waals surface area contributed by atoms with Crippen LogP contribution in [0.2, 0.25) is 0 Å². The van der Waals surface area contributed by atoms with Gasteiger partial charge in [-0.1, -0.05) is 0 Å². The minimum Gasteiger partial charge on any atom is -0.376 e. The first-order valence-corrected chi connectivity index (χ1v) is 6.73. The van der Waals surface area contributed by atoms with Crippen LogP contribution in [0.25, 0.3) is 0 Å². The number of rotatable bonds is 5. The van der Waals surface area contributed by atoms with Crippen LogP contribution in [0.15, 0.2) is 23.7 Å². The molecule has 1 aromatic heterocycles. The lowest BCUT2D eigenvalue weighted by Crippen LogP contribution is -2.00. The van der Waals surface area contributed by atoms with Gasteiger partial charge < -0.3 is 4.74 Å². The van der Waals surface area contributed by atoms with Gasteiger partial charge in [-0.05, 0) is 30.7 Å². The maximum Gasteiger partial charge on any atom is 0.124 e.